The minimum atomic E-state index is -0.0640. The summed E-state index contributed by atoms with van der Waals surface area (Å²) in [6.45, 7) is 5.35. The molecule has 0 saturated carbocycles. The van der Waals surface area contributed by atoms with Crippen LogP contribution in [0.4, 0.5) is 5.82 Å². The highest BCUT2D eigenvalue weighted by atomic mass is 16.6. The molecule has 3 atom stereocenters. The second kappa shape index (κ2) is 7.62. The highest BCUT2D eigenvalue weighted by molar-refractivity contribution is 5.81. The Morgan fingerprint density at radius 3 is 2.97 bits per heavy atom. The maximum absolute atomic E-state index is 5.04. The largest absolute Gasteiger partial charge is 0.341 e. The van der Waals surface area contributed by atoms with Crippen molar-refractivity contribution in [2.45, 2.75) is 45.1 Å². The zero-order valence-corrected chi connectivity index (χ0v) is 17.6. The number of H-pyrrole nitrogens is 1. The minimum absolute atomic E-state index is 0.0640. The van der Waals surface area contributed by atoms with E-state index in [1.54, 1.807) is 0 Å². The molecule has 154 valence electrons. The van der Waals surface area contributed by atoms with Gasteiger partial charge in [0.2, 0.25) is 0 Å². The third-order valence-corrected chi connectivity index (χ3v) is 6.41. The number of likely N-dealkylation sites (tertiary alicyclic amines) is 1. The molecule has 0 spiro atoms. The lowest BCUT2D eigenvalue weighted by Crippen LogP contribution is -2.40. The lowest BCUT2D eigenvalue weighted by molar-refractivity contribution is 0.145. The number of nitrogens with one attached hydrogen (secondary N) is 2. The number of rotatable bonds is 3. The van der Waals surface area contributed by atoms with Crippen molar-refractivity contribution in [3.05, 3.63) is 46.8 Å². The minimum Gasteiger partial charge on any atom is -0.341 e. The molecule has 2 N–H and O–H groups in total. The average molecular weight is 403 g/mol. The maximum Gasteiger partial charge on any atom is 0.156 e. The van der Waals surface area contributed by atoms with Crippen molar-refractivity contribution in [1.82, 2.24) is 25.4 Å². The van der Waals surface area contributed by atoms with E-state index in [2.05, 4.69) is 62.6 Å². The Morgan fingerprint density at radius 2 is 2.13 bits per heavy atom. The van der Waals surface area contributed by atoms with E-state index in [4.69, 9.17) is 4.63 Å². The van der Waals surface area contributed by atoms with Crippen LogP contribution in [0.3, 0.4) is 0 Å². The van der Waals surface area contributed by atoms with Crippen molar-refractivity contribution in [2.75, 3.05) is 18.9 Å². The van der Waals surface area contributed by atoms with Gasteiger partial charge in [-0.3, -0.25) is 5.10 Å². The van der Waals surface area contributed by atoms with Gasteiger partial charge in [-0.05, 0) is 54.7 Å². The normalized spacial score (nSPS) is 24.3. The predicted molar refractivity (Wildman–Crippen MR) is 116 cm³/mol. The summed E-state index contributed by atoms with van der Waals surface area (Å²) in [6, 6.07) is 6.49. The third-order valence-electron chi connectivity index (χ3n) is 6.41. The van der Waals surface area contributed by atoms with Gasteiger partial charge in [0.15, 0.2) is 5.82 Å². The van der Waals surface area contributed by atoms with Crippen molar-refractivity contribution >= 4 is 16.9 Å². The summed E-state index contributed by atoms with van der Waals surface area (Å²) < 4.78 is 5.04. The quantitative estimate of drug-likeness (QED) is 0.647. The molecule has 7 nitrogen and oxygen atoms in total. The van der Waals surface area contributed by atoms with E-state index in [0.717, 1.165) is 58.1 Å². The smallest absolute Gasteiger partial charge is 0.156 e. The van der Waals surface area contributed by atoms with Gasteiger partial charge in [0.05, 0.1) is 5.92 Å². The number of hydrogen-bond acceptors (Lipinski definition) is 6. The topological polar surface area (TPSA) is 82.9 Å². The van der Waals surface area contributed by atoms with Crippen molar-refractivity contribution < 1.29 is 4.63 Å². The fourth-order valence-electron chi connectivity index (χ4n) is 4.91. The molecule has 0 amide bonds. The summed E-state index contributed by atoms with van der Waals surface area (Å²) in [6.07, 6.45) is 5.32. The van der Waals surface area contributed by atoms with Crippen LogP contribution in [0.1, 0.15) is 50.2 Å². The number of allylic oxidation sites excluding steroid dienone is 1. The number of hydrogen-bond donors (Lipinski definition) is 2. The zero-order valence-electron chi connectivity index (χ0n) is 17.6. The van der Waals surface area contributed by atoms with Gasteiger partial charge in [-0.25, -0.2) is 4.63 Å². The van der Waals surface area contributed by atoms with Crippen LogP contribution < -0.4 is 5.32 Å². The molecule has 5 rings (SSSR count). The second-order valence-electron chi connectivity index (χ2n) is 8.47. The SMILES string of the molecule is CC#CC1=C(C[C@@H]2CC[C@H](C)CN2C)Nc2n[nH]cc2C1c1cccc2nonc12. The van der Waals surface area contributed by atoms with Gasteiger partial charge in [-0.1, -0.05) is 25.0 Å². The molecule has 0 radical (unpaired) electrons. The van der Waals surface area contributed by atoms with Gasteiger partial charge >= 0.3 is 0 Å². The molecular formula is C23H26N6O. The fourth-order valence-corrected chi connectivity index (χ4v) is 4.91. The van der Waals surface area contributed by atoms with Crippen LogP contribution in [0.2, 0.25) is 0 Å². The van der Waals surface area contributed by atoms with E-state index < -0.39 is 0 Å². The Bertz CT molecular complexity index is 1160. The third kappa shape index (κ3) is 3.17. The summed E-state index contributed by atoms with van der Waals surface area (Å²) in [5.41, 5.74) is 5.86. The molecule has 0 bridgehead atoms. The molecule has 1 saturated heterocycles. The average Bonchev–Trinajstić information content (AvgIpc) is 3.39. The molecule has 1 aromatic carbocycles. The van der Waals surface area contributed by atoms with Crippen LogP contribution in [-0.4, -0.2) is 45.0 Å². The molecule has 1 unspecified atom stereocenters. The van der Waals surface area contributed by atoms with Gasteiger partial charge in [-0.15, -0.1) is 5.92 Å². The number of aromatic nitrogens is 4. The monoisotopic (exact) mass is 402 g/mol. The summed E-state index contributed by atoms with van der Waals surface area (Å²) >= 11 is 0. The van der Waals surface area contributed by atoms with Gasteiger partial charge in [-0.2, -0.15) is 5.10 Å². The fraction of sp³-hybridized carbons (Fsp3) is 0.435. The van der Waals surface area contributed by atoms with E-state index in [1.807, 2.05) is 25.3 Å². The summed E-state index contributed by atoms with van der Waals surface area (Å²) in [7, 11) is 2.23. The number of aromatic amines is 1. The Kier molecular flexibility index (Phi) is 4.80. The molecule has 2 aliphatic rings. The first-order chi connectivity index (χ1) is 14.7. The van der Waals surface area contributed by atoms with Crippen LogP contribution >= 0.6 is 0 Å². The van der Waals surface area contributed by atoms with Crippen molar-refractivity contribution in [2.24, 2.45) is 5.92 Å². The van der Waals surface area contributed by atoms with Crippen molar-refractivity contribution in [3.63, 3.8) is 0 Å². The maximum atomic E-state index is 5.04. The summed E-state index contributed by atoms with van der Waals surface area (Å²) in [5, 5.41) is 19.3. The number of anilines is 1. The number of nitrogens with zero attached hydrogens (tertiary/aromatic N) is 4. The Balaban J connectivity index is 1.62. The van der Waals surface area contributed by atoms with Crippen molar-refractivity contribution in [3.8, 4) is 11.8 Å². The highest BCUT2D eigenvalue weighted by Gasteiger charge is 2.34. The highest BCUT2D eigenvalue weighted by Crippen LogP contribution is 2.43. The van der Waals surface area contributed by atoms with Crippen LogP contribution in [0.5, 0.6) is 0 Å². The molecule has 3 aromatic rings. The molecule has 1 fully saturated rings. The lowest BCUT2D eigenvalue weighted by Gasteiger charge is -2.37. The summed E-state index contributed by atoms with van der Waals surface area (Å²) in [5.74, 6) is 8.09. The molecule has 7 heteroatoms. The lowest BCUT2D eigenvalue weighted by atomic mass is 9.80. The van der Waals surface area contributed by atoms with E-state index in [1.165, 1.54) is 12.8 Å². The molecular weight excluding hydrogens is 376 g/mol. The van der Waals surface area contributed by atoms with Crippen molar-refractivity contribution in [1.29, 1.82) is 0 Å². The van der Waals surface area contributed by atoms with E-state index in [9.17, 15) is 0 Å². The van der Waals surface area contributed by atoms with Gasteiger partial charge in [0.25, 0.3) is 0 Å². The van der Waals surface area contributed by atoms with Crippen LogP contribution in [0.15, 0.2) is 40.3 Å². The first-order valence-corrected chi connectivity index (χ1v) is 10.5. The number of fused-ring (bicyclic) bond motifs is 2. The first kappa shape index (κ1) is 18.9. The van der Waals surface area contributed by atoms with Crippen LogP contribution in [-0.2, 0) is 0 Å². The zero-order chi connectivity index (χ0) is 20.7. The molecule has 2 aromatic heterocycles. The van der Waals surface area contributed by atoms with Gasteiger partial charge in [0.1, 0.15) is 11.0 Å². The number of benzene rings is 1. The van der Waals surface area contributed by atoms with Gasteiger partial charge < -0.3 is 10.2 Å². The Hall–Kier alpha value is -3.11. The van der Waals surface area contributed by atoms with E-state index in [0.29, 0.717) is 6.04 Å². The number of piperidine rings is 1. The van der Waals surface area contributed by atoms with E-state index >= 15 is 0 Å². The van der Waals surface area contributed by atoms with E-state index in [-0.39, 0.29) is 5.92 Å². The summed E-state index contributed by atoms with van der Waals surface area (Å²) in [4.78, 5) is 2.48. The Labute approximate surface area is 175 Å². The van der Waals surface area contributed by atoms with Gasteiger partial charge in [0, 0.05) is 42.0 Å². The Morgan fingerprint density at radius 1 is 1.23 bits per heavy atom. The molecule has 2 aliphatic heterocycles. The second-order valence-corrected chi connectivity index (χ2v) is 8.47. The predicted octanol–water partition coefficient (Wildman–Crippen LogP) is 3.90. The van der Waals surface area contributed by atoms with Crippen LogP contribution in [0.25, 0.3) is 11.0 Å². The molecule has 30 heavy (non-hydrogen) atoms. The molecule has 0 aliphatic carbocycles. The first-order valence-electron chi connectivity index (χ1n) is 10.5. The van der Waals surface area contributed by atoms with Crippen LogP contribution in [0, 0.1) is 17.8 Å². The molecule has 4 heterocycles. The standard InChI is InChI=1S/C23H26N6O/c1-4-6-16-20(11-15-10-9-14(2)13-29(15)3)25-23-18(12-24-26-23)21(16)17-7-5-8-19-22(17)28-30-27-19/h5,7-8,12,14-15,21H,9-11,13H2,1-3H3,(H2,24,25,26)/t14-,15-,21?/m0/s1.